The summed E-state index contributed by atoms with van der Waals surface area (Å²) >= 11 is 6.21. The first-order chi connectivity index (χ1) is 9.16. The van der Waals surface area contributed by atoms with Crippen molar-refractivity contribution >= 4 is 34.1 Å². The summed E-state index contributed by atoms with van der Waals surface area (Å²) in [4.78, 5) is 10.7. The van der Waals surface area contributed by atoms with Crippen molar-refractivity contribution in [1.82, 2.24) is 14.5 Å². The van der Waals surface area contributed by atoms with Gasteiger partial charge in [0.2, 0.25) is 0 Å². The summed E-state index contributed by atoms with van der Waals surface area (Å²) in [5, 5.41) is 0.705. The molecular formula is C14H13ClN4. The number of halogens is 1. The molecule has 0 unspecified atom stereocenters. The topological polar surface area (TPSA) is 34.0 Å². The van der Waals surface area contributed by atoms with Crippen molar-refractivity contribution in [2.24, 2.45) is 7.05 Å². The Hall–Kier alpha value is -2.07. The van der Waals surface area contributed by atoms with E-state index in [1.165, 1.54) is 0 Å². The van der Waals surface area contributed by atoms with E-state index in [0.717, 1.165) is 22.5 Å². The zero-order valence-corrected chi connectivity index (χ0v) is 11.5. The summed E-state index contributed by atoms with van der Waals surface area (Å²) in [5.41, 5.74) is 2.86. The maximum absolute atomic E-state index is 6.21. The lowest BCUT2D eigenvalue weighted by Gasteiger charge is -2.19. The van der Waals surface area contributed by atoms with Crippen LogP contribution in [-0.2, 0) is 7.05 Å². The van der Waals surface area contributed by atoms with Crippen molar-refractivity contribution in [3.05, 3.63) is 47.9 Å². The normalized spacial score (nSPS) is 10.9. The van der Waals surface area contributed by atoms with E-state index in [9.17, 15) is 0 Å². The standard InChI is InChI=1S/C14H13ClN4/c1-18-9-17-11-8-16-14(7-13(11)18)19(2)12-6-4-3-5-10(12)15/h3-9H,1-2H3. The molecule has 96 valence electrons. The van der Waals surface area contributed by atoms with Crippen molar-refractivity contribution < 1.29 is 0 Å². The van der Waals surface area contributed by atoms with Gasteiger partial charge in [-0.3, -0.25) is 0 Å². The van der Waals surface area contributed by atoms with E-state index in [1.54, 1.807) is 12.5 Å². The van der Waals surface area contributed by atoms with Gasteiger partial charge in [-0.1, -0.05) is 23.7 Å². The van der Waals surface area contributed by atoms with Gasteiger partial charge >= 0.3 is 0 Å². The van der Waals surface area contributed by atoms with Crippen LogP contribution in [0.15, 0.2) is 42.9 Å². The monoisotopic (exact) mass is 272 g/mol. The maximum atomic E-state index is 6.21. The molecule has 2 heterocycles. The zero-order valence-electron chi connectivity index (χ0n) is 10.7. The number of pyridine rings is 1. The van der Waals surface area contributed by atoms with Gasteiger partial charge in [0.15, 0.2) is 0 Å². The van der Waals surface area contributed by atoms with Crippen molar-refractivity contribution in [3.63, 3.8) is 0 Å². The van der Waals surface area contributed by atoms with Crippen LogP contribution in [-0.4, -0.2) is 21.6 Å². The Labute approximate surface area is 116 Å². The Bertz CT molecular complexity index is 735. The third-order valence-electron chi connectivity index (χ3n) is 3.15. The fourth-order valence-corrected chi connectivity index (χ4v) is 2.31. The summed E-state index contributed by atoms with van der Waals surface area (Å²) in [7, 11) is 3.92. The zero-order chi connectivity index (χ0) is 13.4. The van der Waals surface area contributed by atoms with Gasteiger partial charge in [0.1, 0.15) is 11.3 Å². The van der Waals surface area contributed by atoms with Gasteiger partial charge in [-0.05, 0) is 12.1 Å². The molecule has 0 N–H and O–H groups in total. The molecule has 0 spiro atoms. The Kier molecular flexibility index (Phi) is 2.87. The molecule has 4 nitrogen and oxygen atoms in total. The lowest BCUT2D eigenvalue weighted by atomic mass is 10.3. The second-order valence-corrected chi connectivity index (χ2v) is 4.80. The first kappa shape index (κ1) is 12.0. The lowest BCUT2D eigenvalue weighted by Crippen LogP contribution is -2.11. The molecule has 2 aromatic heterocycles. The Morgan fingerprint density at radius 1 is 1.21 bits per heavy atom. The van der Waals surface area contributed by atoms with Crippen molar-refractivity contribution in [2.75, 3.05) is 11.9 Å². The number of fused-ring (bicyclic) bond motifs is 1. The highest BCUT2D eigenvalue weighted by Crippen LogP contribution is 2.30. The molecule has 3 aromatic rings. The highest BCUT2D eigenvalue weighted by Gasteiger charge is 2.10. The van der Waals surface area contributed by atoms with Crippen molar-refractivity contribution in [3.8, 4) is 0 Å². The van der Waals surface area contributed by atoms with Crippen LogP contribution in [0.3, 0.4) is 0 Å². The van der Waals surface area contributed by atoms with Crippen LogP contribution in [0.2, 0.25) is 5.02 Å². The summed E-state index contributed by atoms with van der Waals surface area (Å²) in [6.45, 7) is 0. The number of anilines is 2. The van der Waals surface area contributed by atoms with Gasteiger partial charge in [0.25, 0.3) is 0 Å². The van der Waals surface area contributed by atoms with E-state index in [4.69, 9.17) is 11.6 Å². The summed E-state index contributed by atoms with van der Waals surface area (Å²) in [6.07, 6.45) is 3.56. The van der Waals surface area contributed by atoms with Gasteiger partial charge in [0, 0.05) is 20.2 Å². The third kappa shape index (κ3) is 2.04. The number of rotatable bonds is 2. The number of aromatic nitrogens is 3. The van der Waals surface area contributed by atoms with E-state index in [0.29, 0.717) is 5.02 Å². The number of imidazole rings is 1. The van der Waals surface area contributed by atoms with Gasteiger partial charge in [-0.25, -0.2) is 9.97 Å². The minimum absolute atomic E-state index is 0.705. The fraction of sp³-hybridized carbons (Fsp3) is 0.143. The molecule has 0 aliphatic carbocycles. The summed E-state index contributed by atoms with van der Waals surface area (Å²) < 4.78 is 1.97. The van der Waals surface area contributed by atoms with Crippen LogP contribution < -0.4 is 4.90 Å². The summed E-state index contributed by atoms with van der Waals surface area (Å²) in [6, 6.07) is 9.72. The molecular weight excluding hydrogens is 260 g/mol. The molecule has 0 saturated carbocycles. The number of para-hydroxylation sites is 1. The first-order valence-corrected chi connectivity index (χ1v) is 6.30. The second-order valence-electron chi connectivity index (χ2n) is 4.40. The molecule has 0 saturated heterocycles. The fourth-order valence-electron chi connectivity index (χ4n) is 2.05. The predicted octanol–water partition coefficient (Wildman–Crippen LogP) is 3.39. The summed E-state index contributed by atoms with van der Waals surface area (Å²) in [5.74, 6) is 0.837. The third-order valence-corrected chi connectivity index (χ3v) is 3.47. The number of hydrogen-bond acceptors (Lipinski definition) is 3. The van der Waals surface area contributed by atoms with Crippen LogP contribution in [0.25, 0.3) is 11.0 Å². The van der Waals surface area contributed by atoms with Gasteiger partial charge in [0.05, 0.1) is 28.8 Å². The molecule has 3 rings (SSSR count). The van der Waals surface area contributed by atoms with Crippen LogP contribution in [0.5, 0.6) is 0 Å². The van der Waals surface area contributed by atoms with E-state index >= 15 is 0 Å². The maximum Gasteiger partial charge on any atom is 0.134 e. The number of aryl methyl sites for hydroxylation is 1. The SMILES string of the molecule is CN(c1cc2c(cn1)ncn2C)c1ccccc1Cl. The van der Waals surface area contributed by atoms with Crippen LogP contribution >= 0.6 is 11.6 Å². The molecule has 0 bridgehead atoms. The molecule has 0 radical (unpaired) electrons. The molecule has 0 atom stereocenters. The predicted molar refractivity (Wildman–Crippen MR) is 78.0 cm³/mol. The largest absolute Gasteiger partial charge is 0.334 e. The van der Waals surface area contributed by atoms with E-state index in [-0.39, 0.29) is 0 Å². The average molecular weight is 273 g/mol. The molecule has 19 heavy (non-hydrogen) atoms. The number of benzene rings is 1. The Balaban J connectivity index is 2.08. The smallest absolute Gasteiger partial charge is 0.134 e. The Morgan fingerprint density at radius 3 is 2.79 bits per heavy atom. The quantitative estimate of drug-likeness (QED) is 0.717. The molecule has 0 amide bonds. The van der Waals surface area contributed by atoms with Gasteiger partial charge in [-0.2, -0.15) is 0 Å². The highest BCUT2D eigenvalue weighted by molar-refractivity contribution is 6.33. The molecule has 0 aliphatic rings. The van der Waals surface area contributed by atoms with Crippen LogP contribution in [0.4, 0.5) is 11.5 Å². The van der Waals surface area contributed by atoms with E-state index < -0.39 is 0 Å². The minimum atomic E-state index is 0.705. The van der Waals surface area contributed by atoms with E-state index in [2.05, 4.69) is 9.97 Å². The van der Waals surface area contributed by atoms with Crippen molar-refractivity contribution in [1.29, 1.82) is 0 Å². The van der Waals surface area contributed by atoms with Crippen LogP contribution in [0.1, 0.15) is 0 Å². The minimum Gasteiger partial charge on any atom is -0.334 e. The van der Waals surface area contributed by atoms with E-state index in [1.807, 2.05) is 53.9 Å². The van der Waals surface area contributed by atoms with Gasteiger partial charge < -0.3 is 9.47 Å². The van der Waals surface area contributed by atoms with Crippen molar-refractivity contribution in [2.45, 2.75) is 0 Å². The molecule has 0 fully saturated rings. The number of nitrogens with zero attached hydrogens (tertiary/aromatic N) is 4. The van der Waals surface area contributed by atoms with Gasteiger partial charge in [-0.15, -0.1) is 0 Å². The number of hydrogen-bond donors (Lipinski definition) is 0. The second kappa shape index (κ2) is 4.55. The molecule has 0 aliphatic heterocycles. The Morgan fingerprint density at radius 2 is 2.00 bits per heavy atom. The molecule has 1 aromatic carbocycles. The lowest BCUT2D eigenvalue weighted by molar-refractivity contribution is 0.946. The first-order valence-electron chi connectivity index (χ1n) is 5.92. The average Bonchev–Trinajstić information content (AvgIpc) is 2.80. The van der Waals surface area contributed by atoms with Crippen LogP contribution in [0, 0.1) is 0 Å². The highest BCUT2D eigenvalue weighted by atomic mass is 35.5. The molecule has 5 heteroatoms.